The van der Waals surface area contributed by atoms with Gasteiger partial charge in [0, 0.05) is 60.0 Å². The lowest BCUT2D eigenvalue weighted by Gasteiger charge is -2.36. The topological polar surface area (TPSA) is 9.72 Å². The van der Waals surface area contributed by atoms with Crippen molar-refractivity contribution >= 4 is 71.2 Å². The molecule has 0 aliphatic carbocycles. The van der Waals surface area contributed by atoms with E-state index in [-0.39, 0.29) is 24.8 Å². The molecule has 0 aromatic heterocycles. The highest BCUT2D eigenvalue weighted by Gasteiger charge is 2.23. The number of hydrogen-bond acceptors (Lipinski definition) is 4. The second-order valence-corrected chi connectivity index (χ2v) is 8.96. The third-order valence-corrected chi connectivity index (χ3v) is 6.84. The molecule has 0 unspecified atom stereocenters. The van der Waals surface area contributed by atoms with Crippen LogP contribution in [0.25, 0.3) is 0 Å². The molecule has 2 aliphatic rings. The Morgan fingerprint density at radius 2 is 1.45 bits per heavy atom. The zero-order valence-electron chi connectivity index (χ0n) is 16.2. The number of halogens is 4. The first-order valence-corrected chi connectivity index (χ1v) is 11.3. The van der Waals surface area contributed by atoms with Crippen molar-refractivity contribution in [3.63, 3.8) is 0 Å². The monoisotopic (exact) mass is 493 g/mol. The fraction of sp³-hybridized carbons (Fsp3) is 0.429. The predicted molar refractivity (Wildman–Crippen MR) is 132 cm³/mol. The van der Waals surface area contributed by atoms with Crippen LogP contribution in [0.4, 0.5) is 11.4 Å². The number of piperazine rings is 1. The lowest BCUT2D eigenvalue weighted by atomic mass is 10.2. The molecule has 0 bridgehead atoms. The number of hydrogen-bond donors (Lipinski definition) is 0. The molecule has 29 heavy (non-hydrogen) atoms. The standard InChI is InChI=1S/C21H25Cl2N3S.2ClH/c22-8-11-25-14-12-24(13-15-25)9-3-10-26-18-4-1-2-5-20(18)27-21-7-6-17(23)16-19(21)26;;/h1-2,4-7,16H,3,8-15H2;2*1H. The molecule has 4 rings (SSSR count). The summed E-state index contributed by atoms with van der Waals surface area (Å²) in [4.78, 5) is 10.1. The van der Waals surface area contributed by atoms with Gasteiger partial charge < -0.3 is 9.80 Å². The van der Waals surface area contributed by atoms with Gasteiger partial charge in [-0.15, -0.1) is 36.4 Å². The van der Waals surface area contributed by atoms with Crippen LogP contribution in [0.2, 0.25) is 5.02 Å². The van der Waals surface area contributed by atoms with Crippen molar-refractivity contribution in [2.45, 2.75) is 16.2 Å². The SMILES string of the molecule is Cl.Cl.ClCCN1CCN(CCCN2c3ccccc3Sc3ccc(Cl)cc32)CC1. The molecule has 0 N–H and O–H groups in total. The Labute approximate surface area is 200 Å². The Bertz CT molecular complexity index is 784. The average Bonchev–Trinajstić information content (AvgIpc) is 2.69. The van der Waals surface area contributed by atoms with E-state index in [0.717, 1.165) is 63.1 Å². The van der Waals surface area contributed by atoms with Gasteiger partial charge in [0.1, 0.15) is 0 Å². The summed E-state index contributed by atoms with van der Waals surface area (Å²) < 4.78 is 0. The van der Waals surface area contributed by atoms with Gasteiger partial charge in [-0.1, -0.05) is 35.5 Å². The molecule has 1 saturated heterocycles. The third kappa shape index (κ3) is 6.10. The molecule has 0 saturated carbocycles. The molecule has 8 heteroatoms. The Kier molecular flexibility index (Phi) is 10.2. The van der Waals surface area contributed by atoms with Crippen LogP contribution < -0.4 is 4.90 Å². The number of benzene rings is 2. The van der Waals surface area contributed by atoms with Crippen LogP contribution in [0.3, 0.4) is 0 Å². The van der Waals surface area contributed by atoms with Crippen molar-refractivity contribution in [1.29, 1.82) is 0 Å². The summed E-state index contributed by atoms with van der Waals surface area (Å²) in [5.74, 6) is 0.731. The predicted octanol–water partition coefficient (Wildman–Crippen LogP) is 6.03. The Balaban J connectivity index is 0.00000150. The number of alkyl halides is 1. The lowest BCUT2D eigenvalue weighted by Crippen LogP contribution is -2.47. The zero-order chi connectivity index (χ0) is 18.6. The molecule has 2 aromatic carbocycles. The van der Waals surface area contributed by atoms with E-state index < -0.39 is 0 Å². The van der Waals surface area contributed by atoms with Crippen molar-refractivity contribution in [3.05, 3.63) is 47.5 Å². The Morgan fingerprint density at radius 3 is 2.17 bits per heavy atom. The van der Waals surface area contributed by atoms with Crippen LogP contribution in [-0.2, 0) is 0 Å². The molecule has 160 valence electrons. The summed E-state index contributed by atoms with van der Waals surface area (Å²) >= 11 is 14.0. The summed E-state index contributed by atoms with van der Waals surface area (Å²) in [5.41, 5.74) is 2.53. The highest BCUT2D eigenvalue weighted by atomic mass is 35.5. The molecule has 2 aromatic rings. The second-order valence-electron chi connectivity index (χ2n) is 7.06. The maximum Gasteiger partial charge on any atom is 0.0567 e. The normalized spacial score (nSPS) is 16.4. The summed E-state index contributed by atoms with van der Waals surface area (Å²) in [7, 11) is 0. The van der Waals surface area contributed by atoms with Crippen LogP contribution in [0.5, 0.6) is 0 Å². The number of rotatable bonds is 6. The number of nitrogens with zero attached hydrogens (tertiary/aromatic N) is 3. The number of para-hydroxylation sites is 1. The maximum absolute atomic E-state index is 6.31. The molecule has 0 spiro atoms. The van der Waals surface area contributed by atoms with Gasteiger partial charge in [-0.3, -0.25) is 4.90 Å². The van der Waals surface area contributed by atoms with Crippen molar-refractivity contribution in [2.24, 2.45) is 0 Å². The van der Waals surface area contributed by atoms with Gasteiger partial charge in [0.2, 0.25) is 0 Å². The molecule has 3 nitrogen and oxygen atoms in total. The molecular formula is C21H27Cl4N3S. The maximum atomic E-state index is 6.31. The van der Waals surface area contributed by atoms with Gasteiger partial charge in [-0.05, 0) is 43.3 Å². The van der Waals surface area contributed by atoms with Gasteiger partial charge in [-0.2, -0.15) is 0 Å². The van der Waals surface area contributed by atoms with Crippen LogP contribution in [0.1, 0.15) is 6.42 Å². The zero-order valence-corrected chi connectivity index (χ0v) is 20.2. The van der Waals surface area contributed by atoms with E-state index in [1.54, 1.807) is 0 Å². The highest BCUT2D eigenvalue weighted by molar-refractivity contribution is 7.99. The first-order chi connectivity index (χ1) is 13.2. The molecular weight excluding hydrogens is 468 g/mol. The summed E-state index contributed by atoms with van der Waals surface area (Å²) in [6.07, 6.45) is 1.14. The van der Waals surface area contributed by atoms with Gasteiger partial charge >= 0.3 is 0 Å². The second kappa shape index (κ2) is 11.9. The molecule has 0 amide bonds. The van der Waals surface area contributed by atoms with Crippen LogP contribution in [0, 0.1) is 0 Å². The summed E-state index contributed by atoms with van der Waals surface area (Å²) in [5, 5.41) is 0.800. The largest absolute Gasteiger partial charge is 0.340 e. The van der Waals surface area contributed by atoms with E-state index in [1.165, 1.54) is 21.2 Å². The fourth-order valence-corrected chi connectivity index (χ4v) is 5.33. The van der Waals surface area contributed by atoms with Gasteiger partial charge in [0.25, 0.3) is 0 Å². The Hall–Kier alpha value is -0.330. The highest BCUT2D eigenvalue weighted by Crippen LogP contribution is 2.48. The smallest absolute Gasteiger partial charge is 0.0567 e. The van der Waals surface area contributed by atoms with Crippen molar-refractivity contribution in [1.82, 2.24) is 9.80 Å². The van der Waals surface area contributed by atoms with Gasteiger partial charge in [0.05, 0.1) is 11.4 Å². The summed E-state index contributed by atoms with van der Waals surface area (Å²) in [6.45, 7) is 7.71. The third-order valence-electron chi connectivity index (χ3n) is 5.31. The lowest BCUT2D eigenvalue weighted by molar-refractivity contribution is 0.137. The molecule has 0 radical (unpaired) electrons. The van der Waals surface area contributed by atoms with Crippen molar-refractivity contribution in [3.8, 4) is 0 Å². The Morgan fingerprint density at radius 1 is 0.793 bits per heavy atom. The molecule has 2 aliphatic heterocycles. The van der Waals surface area contributed by atoms with E-state index in [9.17, 15) is 0 Å². The quantitative estimate of drug-likeness (QED) is 0.453. The molecule has 2 heterocycles. The van der Waals surface area contributed by atoms with E-state index in [1.807, 2.05) is 17.8 Å². The summed E-state index contributed by atoms with van der Waals surface area (Å²) in [6, 6.07) is 14.9. The van der Waals surface area contributed by atoms with Crippen molar-refractivity contribution < 1.29 is 0 Å². The first-order valence-electron chi connectivity index (χ1n) is 9.59. The van der Waals surface area contributed by atoms with E-state index in [4.69, 9.17) is 23.2 Å². The van der Waals surface area contributed by atoms with Gasteiger partial charge in [0.15, 0.2) is 0 Å². The van der Waals surface area contributed by atoms with E-state index in [0.29, 0.717) is 0 Å². The fourth-order valence-electron chi connectivity index (χ4n) is 3.85. The average molecular weight is 495 g/mol. The van der Waals surface area contributed by atoms with E-state index >= 15 is 0 Å². The van der Waals surface area contributed by atoms with Crippen LogP contribution in [-0.4, -0.2) is 61.5 Å². The minimum atomic E-state index is 0. The number of anilines is 2. The van der Waals surface area contributed by atoms with Gasteiger partial charge in [-0.25, -0.2) is 0 Å². The minimum Gasteiger partial charge on any atom is -0.340 e. The minimum absolute atomic E-state index is 0. The number of fused-ring (bicyclic) bond motifs is 2. The molecule has 0 atom stereocenters. The van der Waals surface area contributed by atoms with E-state index in [2.05, 4.69) is 51.1 Å². The van der Waals surface area contributed by atoms with Crippen LogP contribution in [0.15, 0.2) is 52.3 Å². The van der Waals surface area contributed by atoms with Crippen molar-refractivity contribution in [2.75, 3.05) is 56.6 Å². The van der Waals surface area contributed by atoms with Crippen LogP contribution >= 0.6 is 59.8 Å². The molecule has 1 fully saturated rings. The first kappa shape index (κ1) is 24.9.